The second kappa shape index (κ2) is 5.14. The van der Waals surface area contributed by atoms with E-state index in [1.165, 1.54) is 13.8 Å². The molecule has 0 N–H and O–H groups in total. The van der Waals surface area contributed by atoms with Crippen LogP contribution in [0.15, 0.2) is 11.1 Å². The maximum absolute atomic E-state index is 12.6. The summed E-state index contributed by atoms with van der Waals surface area (Å²) < 4.78 is 53.1. The van der Waals surface area contributed by atoms with Gasteiger partial charge >= 0.3 is 18.3 Å². The molecule has 0 heterocycles. The summed E-state index contributed by atoms with van der Waals surface area (Å²) in [6, 6.07) is 0. The Hall–Kier alpha value is -1.07. The summed E-state index contributed by atoms with van der Waals surface area (Å²) in [6.07, 6.45) is -4.89. The number of ether oxygens (including phenoxy) is 1. The maximum Gasteiger partial charge on any atom is 0.333 e. The van der Waals surface area contributed by atoms with Gasteiger partial charge in [-0.15, -0.1) is 0 Å². The van der Waals surface area contributed by atoms with E-state index >= 15 is 0 Å². The first kappa shape index (κ1) is 13.9. The van der Waals surface area contributed by atoms with Crippen LogP contribution in [0, 0.1) is 0 Å². The molecule has 0 saturated heterocycles. The largest absolute Gasteiger partial charge is 0.466 e. The molecule has 0 radical (unpaired) electrons. The molecular weight excluding hydrogens is 216 g/mol. The van der Waals surface area contributed by atoms with Gasteiger partial charge in [0.15, 0.2) is 0 Å². The van der Waals surface area contributed by atoms with Gasteiger partial charge in [0.2, 0.25) is 0 Å². The molecule has 0 amide bonds. The fourth-order valence-electron chi connectivity index (χ4n) is 0.891. The van der Waals surface area contributed by atoms with E-state index < -0.39 is 24.7 Å². The molecule has 6 heteroatoms. The zero-order valence-electron chi connectivity index (χ0n) is 8.61. The van der Waals surface area contributed by atoms with E-state index in [1.54, 1.807) is 0 Å². The fourth-order valence-corrected chi connectivity index (χ4v) is 0.891. The molecule has 0 rings (SSSR count). The number of hydrogen-bond donors (Lipinski definition) is 0. The number of carbonyl (C=O) groups excluding carboxylic acids is 1. The van der Waals surface area contributed by atoms with E-state index in [0.717, 1.165) is 7.11 Å². The minimum Gasteiger partial charge on any atom is -0.466 e. The van der Waals surface area contributed by atoms with Gasteiger partial charge in [0.25, 0.3) is 0 Å². The Balaban J connectivity index is 4.74. The number of rotatable bonds is 4. The van der Waals surface area contributed by atoms with Gasteiger partial charge in [-0.25, -0.2) is 13.6 Å². The smallest absolute Gasteiger partial charge is 0.333 e. The average Bonchev–Trinajstić information content (AvgIpc) is 2.14. The van der Waals surface area contributed by atoms with Crippen molar-refractivity contribution in [2.75, 3.05) is 7.11 Å². The maximum atomic E-state index is 12.6. The van der Waals surface area contributed by atoms with Crippen LogP contribution in [-0.2, 0) is 9.53 Å². The Kier molecular flexibility index (Phi) is 4.77. The first-order valence-corrected chi connectivity index (χ1v) is 4.13. The molecule has 0 aliphatic carbocycles. The molecule has 0 aromatic heterocycles. The molecule has 0 aromatic rings. The minimum atomic E-state index is -4.11. The van der Waals surface area contributed by atoms with Gasteiger partial charge in [0.05, 0.1) is 7.11 Å². The number of allylic oxidation sites excluding steroid dienone is 1. The predicted molar refractivity (Wildman–Crippen MR) is 46.0 cm³/mol. The summed E-state index contributed by atoms with van der Waals surface area (Å²) in [5.74, 6) is -4.91. The first-order chi connectivity index (χ1) is 6.72. The van der Waals surface area contributed by atoms with Crippen LogP contribution in [-0.4, -0.2) is 25.4 Å². The lowest BCUT2D eigenvalue weighted by Crippen LogP contribution is -2.27. The Labute approximate surface area is 84.9 Å². The zero-order chi connectivity index (χ0) is 12.2. The van der Waals surface area contributed by atoms with Crippen molar-refractivity contribution >= 4 is 5.97 Å². The van der Waals surface area contributed by atoms with Crippen LogP contribution in [0.5, 0.6) is 0 Å². The van der Waals surface area contributed by atoms with Crippen molar-refractivity contribution in [1.82, 2.24) is 0 Å². The van der Waals surface area contributed by atoms with Crippen molar-refractivity contribution in [3.05, 3.63) is 11.1 Å². The van der Waals surface area contributed by atoms with Crippen LogP contribution in [0.25, 0.3) is 0 Å². The number of alkyl halides is 4. The second-order valence-electron chi connectivity index (χ2n) is 3.14. The van der Waals surface area contributed by atoms with Gasteiger partial charge < -0.3 is 4.74 Å². The van der Waals surface area contributed by atoms with E-state index in [4.69, 9.17) is 0 Å². The molecule has 0 bridgehead atoms. The van der Waals surface area contributed by atoms with Crippen LogP contribution in [0.2, 0.25) is 0 Å². The second-order valence-corrected chi connectivity index (χ2v) is 3.14. The molecule has 0 aliphatic heterocycles. The number of hydrogen-bond acceptors (Lipinski definition) is 2. The Bertz CT molecular complexity index is 271. The fraction of sp³-hybridized carbons (Fsp3) is 0.667. The molecule has 15 heavy (non-hydrogen) atoms. The third-order valence-electron chi connectivity index (χ3n) is 1.95. The topological polar surface area (TPSA) is 26.3 Å². The third-order valence-corrected chi connectivity index (χ3v) is 1.95. The van der Waals surface area contributed by atoms with Gasteiger partial charge in [-0.3, -0.25) is 0 Å². The summed E-state index contributed by atoms with van der Waals surface area (Å²) in [5.41, 5.74) is -0.176. The highest BCUT2D eigenvalue weighted by atomic mass is 19.3. The number of methoxy groups -OCH3 is 1. The summed E-state index contributed by atoms with van der Waals surface area (Å²) >= 11 is 0. The van der Waals surface area contributed by atoms with E-state index in [0.29, 0.717) is 0 Å². The average molecular weight is 228 g/mol. The lowest BCUT2D eigenvalue weighted by atomic mass is 10.0. The molecule has 0 aromatic carbocycles. The predicted octanol–water partition coefficient (Wildman–Crippen LogP) is 2.79. The highest BCUT2D eigenvalue weighted by Gasteiger charge is 2.41. The van der Waals surface area contributed by atoms with Crippen LogP contribution in [0.3, 0.4) is 0 Å². The van der Waals surface area contributed by atoms with Crippen molar-refractivity contribution < 1.29 is 27.1 Å². The molecule has 0 saturated carbocycles. The van der Waals surface area contributed by atoms with Crippen molar-refractivity contribution in [2.24, 2.45) is 0 Å². The highest BCUT2D eigenvalue weighted by molar-refractivity contribution is 5.88. The van der Waals surface area contributed by atoms with Crippen LogP contribution in [0.4, 0.5) is 17.6 Å². The molecular formula is C9H12F4O2. The van der Waals surface area contributed by atoms with Crippen LogP contribution in [0.1, 0.15) is 20.3 Å². The summed E-state index contributed by atoms with van der Waals surface area (Å²) in [5, 5.41) is 0. The highest BCUT2D eigenvalue weighted by Crippen LogP contribution is 2.30. The number of esters is 1. The first-order valence-electron chi connectivity index (χ1n) is 4.13. The molecule has 2 nitrogen and oxygen atoms in total. The standard InChI is InChI=1S/C9H12F4O2/c1-5(6(2)7(14)15-3)4-9(12,13)8(10)11/h8H,4H2,1-3H3. The summed E-state index contributed by atoms with van der Waals surface area (Å²) in [6.45, 7) is 2.45. The quantitative estimate of drug-likeness (QED) is 0.420. The third kappa shape index (κ3) is 3.89. The van der Waals surface area contributed by atoms with Gasteiger partial charge in [0, 0.05) is 12.0 Å². The molecule has 0 fully saturated rings. The monoisotopic (exact) mass is 228 g/mol. The van der Waals surface area contributed by atoms with Crippen molar-refractivity contribution in [1.29, 1.82) is 0 Å². The van der Waals surface area contributed by atoms with Gasteiger partial charge in [-0.2, -0.15) is 8.78 Å². The Morgan fingerprint density at radius 3 is 2.13 bits per heavy atom. The van der Waals surface area contributed by atoms with Crippen LogP contribution >= 0.6 is 0 Å². The van der Waals surface area contributed by atoms with Gasteiger partial charge in [0.1, 0.15) is 0 Å². The molecule has 0 atom stereocenters. The van der Waals surface area contributed by atoms with Crippen molar-refractivity contribution in [2.45, 2.75) is 32.6 Å². The van der Waals surface area contributed by atoms with Crippen molar-refractivity contribution in [3.8, 4) is 0 Å². The lowest BCUT2D eigenvalue weighted by molar-refractivity contribution is -0.136. The van der Waals surface area contributed by atoms with E-state index in [1.807, 2.05) is 0 Å². The number of halogens is 4. The lowest BCUT2D eigenvalue weighted by Gasteiger charge is -2.16. The number of carbonyl (C=O) groups is 1. The normalized spacial score (nSPS) is 13.9. The molecule has 0 spiro atoms. The van der Waals surface area contributed by atoms with E-state index in [9.17, 15) is 22.4 Å². The molecule has 0 unspecified atom stereocenters. The summed E-state index contributed by atoms with van der Waals surface area (Å²) in [7, 11) is 1.09. The summed E-state index contributed by atoms with van der Waals surface area (Å²) in [4.78, 5) is 10.9. The Morgan fingerprint density at radius 2 is 1.80 bits per heavy atom. The van der Waals surface area contributed by atoms with E-state index in [-0.39, 0.29) is 11.1 Å². The molecule has 0 aliphatic rings. The zero-order valence-corrected chi connectivity index (χ0v) is 8.61. The molecule has 88 valence electrons. The van der Waals surface area contributed by atoms with Gasteiger partial charge in [-0.05, 0) is 13.8 Å². The van der Waals surface area contributed by atoms with E-state index in [2.05, 4.69) is 4.74 Å². The van der Waals surface area contributed by atoms with Crippen molar-refractivity contribution in [3.63, 3.8) is 0 Å². The Morgan fingerprint density at radius 1 is 1.33 bits per heavy atom. The van der Waals surface area contributed by atoms with Gasteiger partial charge in [-0.1, -0.05) is 5.57 Å². The van der Waals surface area contributed by atoms with Crippen LogP contribution < -0.4 is 0 Å². The SMILES string of the molecule is COC(=O)C(C)=C(C)CC(F)(F)C(F)F. The minimum absolute atomic E-state index is 0.0715.